The molecule has 4 aromatic carbocycles. The van der Waals surface area contributed by atoms with Crippen LogP contribution in [0.2, 0.25) is 0 Å². The van der Waals surface area contributed by atoms with Crippen molar-refractivity contribution in [3.8, 4) is 11.1 Å². The fraction of sp³-hybridized carbons (Fsp3) is 0.194. The van der Waals surface area contributed by atoms with Gasteiger partial charge in [-0.25, -0.2) is 4.79 Å². The minimum absolute atomic E-state index is 0.0956. The van der Waals surface area contributed by atoms with Crippen molar-refractivity contribution in [3.05, 3.63) is 131 Å². The van der Waals surface area contributed by atoms with Crippen molar-refractivity contribution in [2.45, 2.75) is 38.8 Å². The summed E-state index contributed by atoms with van der Waals surface area (Å²) in [5.41, 5.74) is 7.01. The number of nitrogens with one attached hydrogen (secondary N) is 2. The smallest absolute Gasteiger partial charge is 0.326 e. The number of aromatic nitrogens is 1. The van der Waals surface area contributed by atoms with Gasteiger partial charge < -0.3 is 20.3 Å². The van der Waals surface area contributed by atoms with Gasteiger partial charge >= 0.3 is 5.97 Å². The average molecular weight is 574 g/mol. The van der Waals surface area contributed by atoms with E-state index >= 15 is 0 Å². The number of aromatic amines is 1. The number of H-pyrrole nitrogens is 1. The number of carboxylic acid groups (broad SMARTS) is 1. The van der Waals surface area contributed by atoms with Crippen molar-refractivity contribution in [2.75, 3.05) is 7.05 Å². The lowest BCUT2D eigenvalue weighted by Gasteiger charge is -2.29. The average Bonchev–Trinajstić information content (AvgIpc) is 3.41. The van der Waals surface area contributed by atoms with E-state index in [0.29, 0.717) is 5.56 Å². The van der Waals surface area contributed by atoms with E-state index < -0.39 is 24.0 Å². The summed E-state index contributed by atoms with van der Waals surface area (Å²) in [6, 6.07) is 28.9. The van der Waals surface area contributed by atoms with E-state index in [1.54, 1.807) is 25.4 Å². The van der Waals surface area contributed by atoms with E-state index in [2.05, 4.69) is 10.3 Å². The van der Waals surface area contributed by atoms with Crippen LogP contribution in [0.4, 0.5) is 0 Å². The highest BCUT2D eigenvalue weighted by Gasteiger charge is 2.32. The fourth-order valence-corrected chi connectivity index (χ4v) is 5.52. The maximum absolute atomic E-state index is 13.9. The number of benzene rings is 4. The second-order valence-electron chi connectivity index (χ2n) is 11.0. The van der Waals surface area contributed by atoms with Gasteiger partial charge in [0.1, 0.15) is 12.1 Å². The maximum Gasteiger partial charge on any atom is 0.326 e. The Hall–Kier alpha value is -5.17. The number of hydrogen-bond donors (Lipinski definition) is 3. The standard InChI is InChI=1S/C36H35N3O4/c1-23-17-24(2)19-28(18-23)35(41)39(3)33(20-25-13-15-27(16-14-25)26-9-5-4-6-10-26)34(40)38-32(36(42)43)21-29-22-37-31-12-8-7-11-30(29)31/h4-19,22,32-33,37H,20-21H2,1-3H3,(H,38,40)(H,42,43)/t32?,33-/m1/s1. The Kier molecular flexibility index (Phi) is 8.71. The predicted molar refractivity (Wildman–Crippen MR) is 169 cm³/mol. The highest BCUT2D eigenvalue weighted by molar-refractivity contribution is 5.98. The van der Waals surface area contributed by atoms with Crippen LogP contribution in [0.15, 0.2) is 103 Å². The number of carbonyl (C=O) groups excluding carboxylic acids is 2. The van der Waals surface area contributed by atoms with Crippen molar-refractivity contribution in [3.63, 3.8) is 0 Å². The summed E-state index contributed by atoms with van der Waals surface area (Å²) in [6.07, 6.45) is 2.08. The highest BCUT2D eigenvalue weighted by Crippen LogP contribution is 2.22. The molecule has 0 spiro atoms. The van der Waals surface area contributed by atoms with Crippen molar-refractivity contribution >= 4 is 28.7 Å². The van der Waals surface area contributed by atoms with Gasteiger partial charge in [-0.3, -0.25) is 9.59 Å². The largest absolute Gasteiger partial charge is 0.480 e. The molecule has 7 nitrogen and oxygen atoms in total. The van der Waals surface area contributed by atoms with Crippen LogP contribution >= 0.6 is 0 Å². The molecular weight excluding hydrogens is 538 g/mol. The molecule has 0 bridgehead atoms. The Morgan fingerprint density at radius 3 is 2.12 bits per heavy atom. The molecular formula is C36H35N3O4. The molecule has 0 radical (unpaired) electrons. The number of aliphatic carboxylic acids is 1. The number of carbonyl (C=O) groups is 3. The van der Waals surface area contributed by atoms with Crippen LogP contribution in [0, 0.1) is 13.8 Å². The summed E-state index contributed by atoms with van der Waals surface area (Å²) in [7, 11) is 1.60. The topological polar surface area (TPSA) is 103 Å². The van der Waals surface area contributed by atoms with Gasteiger partial charge in [0.15, 0.2) is 0 Å². The van der Waals surface area contributed by atoms with E-state index in [1.165, 1.54) is 4.90 Å². The lowest BCUT2D eigenvalue weighted by Crippen LogP contribution is -2.53. The van der Waals surface area contributed by atoms with Gasteiger partial charge in [-0.1, -0.05) is 90.0 Å². The molecule has 7 heteroatoms. The van der Waals surface area contributed by atoms with Crippen LogP contribution in [0.1, 0.15) is 32.6 Å². The molecule has 1 unspecified atom stereocenters. The molecule has 1 heterocycles. The molecule has 0 aliphatic carbocycles. The number of aryl methyl sites for hydroxylation is 2. The Morgan fingerprint density at radius 2 is 1.44 bits per heavy atom. The van der Waals surface area contributed by atoms with Gasteiger partial charge in [-0.2, -0.15) is 0 Å². The third-order valence-electron chi connectivity index (χ3n) is 7.76. The van der Waals surface area contributed by atoms with E-state index in [9.17, 15) is 19.5 Å². The Balaban J connectivity index is 1.42. The number of carboxylic acids is 1. The zero-order valence-corrected chi connectivity index (χ0v) is 24.5. The molecule has 5 aromatic rings. The summed E-state index contributed by atoms with van der Waals surface area (Å²) >= 11 is 0. The lowest BCUT2D eigenvalue weighted by molar-refractivity contribution is -0.142. The first-order chi connectivity index (χ1) is 20.7. The van der Waals surface area contributed by atoms with Crippen LogP contribution in [-0.2, 0) is 22.4 Å². The third-order valence-corrected chi connectivity index (χ3v) is 7.76. The number of fused-ring (bicyclic) bond motifs is 1. The third kappa shape index (κ3) is 6.84. The van der Waals surface area contributed by atoms with Gasteiger partial charge in [0.2, 0.25) is 5.91 Å². The van der Waals surface area contributed by atoms with Crippen molar-refractivity contribution < 1.29 is 19.5 Å². The van der Waals surface area contributed by atoms with Crippen molar-refractivity contribution in [1.29, 1.82) is 0 Å². The summed E-state index contributed by atoms with van der Waals surface area (Å²) in [5, 5.41) is 13.7. The zero-order valence-electron chi connectivity index (χ0n) is 24.5. The molecule has 2 atom stereocenters. The van der Waals surface area contributed by atoms with Gasteiger partial charge in [0.05, 0.1) is 0 Å². The molecule has 0 aliphatic heterocycles. The second kappa shape index (κ2) is 12.8. The summed E-state index contributed by atoms with van der Waals surface area (Å²) in [6.45, 7) is 3.84. The molecule has 5 rings (SSSR count). The summed E-state index contributed by atoms with van der Waals surface area (Å²) in [4.78, 5) is 44.5. The number of amides is 2. The molecule has 218 valence electrons. The van der Waals surface area contributed by atoms with Gasteiger partial charge in [0.25, 0.3) is 5.91 Å². The normalized spacial score (nSPS) is 12.4. The predicted octanol–water partition coefficient (Wildman–Crippen LogP) is 5.95. The van der Waals surface area contributed by atoms with Gasteiger partial charge in [-0.05, 0) is 54.3 Å². The molecule has 3 N–H and O–H groups in total. The molecule has 0 saturated carbocycles. The first-order valence-corrected chi connectivity index (χ1v) is 14.3. The zero-order chi connectivity index (χ0) is 30.5. The Bertz CT molecular complexity index is 1740. The van der Waals surface area contributed by atoms with E-state index in [4.69, 9.17) is 0 Å². The van der Waals surface area contributed by atoms with E-state index in [0.717, 1.165) is 44.3 Å². The number of rotatable bonds is 10. The Morgan fingerprint density at radius 1 is 0.814 bits per heavy atom. The second-order valence-corrected chi connectivity index (χ2v) is 11.0. The molecule has 43 heavy (non-hydrogen) atoms. The van der Waals surface area contributed by atoms with Crippen LogP contribution in [0.5, 0.6) is 0 Å². The summed E-state index contributed by atoms with van der Waals surface area (Å²) < 4.78 is 0. The van der Waals surface area contributed by atoms with Crippen LogP contribution in [0.25, 0.3) is 22.0 Å². The quantitative estimate of drug-likeness (QED) is 0.192. The molecule has 0 fully saturated rings. The monoisotopic (exact) mass is 573 g/mol. The maximum atomic E-state index is 13.9. The number of hydrogen-bond acceptors (Lipinski definition) is 3. The molecule has 2 amide bonds. The van der Waals surface area contributed by atoms with Crippen molar-refractivity contribution in [2.24, 2.45) is 0 Å². The molecule has 1 aromatic heterocycles. The minimum Gasteiger partial charge on any atom is -0.480 e. The van der Waals surface area contributed by atoms with Gasteiger partial charge in [0, 0.05) is 42.6 Å². The molecule has 0 saturated heterocycles. The first-order valence-electron chi connectivity index (χ1n) is 14.3. The number of para-hydroxylation sites is 1. The number of nitrogens with zero attached hydrogens (tertiary/aromatic N) is 1. The van der Waals surface area contributed by atoms with Crippen LogP contribution in [0.3, 0.4) is 0 Å². The van der Waals surface area contributed by atoms with Crippen LogP contribution < -0.4 is 5.32 Å². The van der Waals surface area contributed by atoms with Gasteiger partial charge in [-0.15, -0.1) is 0 Å². The highest BCUT2D eigenvalue weighted by atomic mass is 16.4. The lowest BCUT2D eigenvalue weighted by atomic mass is 9.98. The first kappa shape index (κ1) is 29.3. The number of likely N-dealkylation sites (N-methyl/N-ethyl adjacent to an activating group) is 1. The molecule has 0 aliphatic rings. The van der Waals surface area contributed by atoms with Crippen LogP contribution in [-0.4, -0.2) is 51.9 Å². The fourth-order valence-electron chi connectivity index (χ4n) is 5.52. The van der Waals surface area contributed by atoms with E-state index in [-0.39, 0.29) is 18.7 Å². The van der Waals surface area contributed by atoms with E-state index in [1.807, 2.05) is 98.8 Å². The summed E-state index contributed by atoms with van der Waals surface area (Å²) in [5.74, 6) is -1.98. The minimum atomic E-state index is -1.18. The van der Waals surface area contributed by atoms with Crippen molar-refractivity contribution in [1.82, 2.24) is 15.2 Å². The SMILES string of the molecule is Cc1cc(C)cc(C(=O)N(C)[C@H](Cc2ccc(-c3ccccc3)cc2)C(=O)NC(Cc2c[nH]c3ccccc23)C(=O)O)c1. The Labute approximate surface area is 251 Å².